The van der Waals surface area contributed by atoms with Gasteiger partial charge in [0.05, 0.1) is 5.70 Å². The molecule has 0 radical (unpaired) electrons. The first-order valence-corrected chi connectivity index (χ1v) is 8.74. The van der Waals surface area contributed by atoms with Crippen LogP contribution in [0.1, 0.15) is 76.0 Å². The highest BCUT2D eigenvalue weighted by Gasteiger charge is 2.18. The van der Waals surface area contributed by atoms with Gasteiger partial charge in [-0.2, -0.15) is 0 Å². The summed E-state index contributed by atoms with van der Waals surface area (Å²) in [5.41, 5.74) is 6.35. The van der Waals surface area contributed by atoms with Crippen molar-refractivity contribution < 1.29 is 0 Å². The van der Waals surface area contributed by atoms with Crippen molar-refractivity contribution in [2.75, 3.05) is 14.1 Å². The van der Waals surface area contributed by atoms with Crippen LogP contribution >= 0.6 is 0 Å². The number of hydrogen-bond acceptors (Lipinski definition) is 2. The number of nitrogens with zero attached hydrogens (tertiary/aromatic N) is 1. The van der Waals surface area contributed by atoms with E-state index in [1.807, 2.05) is 0 Å². The average Bonchev–Trinajstić information content (AvgIpc) is 2.45. The van der Waals surface area contributed by atoms with Gasteiger partial charge in [0.15, 0.2) is 0 Å². The summed E-state index contributed by atoms with van der Waals surface area (Å²) in [6.07, 6.45) is 4.27. The number of hydrogen-bond donors (Lipinski definition) is 1. The fourth-order valence-corrected chi connectivity index (χ4v) is 2.83. The molecular formula is C21H34N2. The van der Waals surface area contributed by atoms with Crippen LogP contribution in [0.25, 0.3) is 5.70 Å². The van der Waals surface area contributed by atoms with Crippen LogP contribution in [-0.2, 0) is 0 Å². The van der Waals surface area contributed by atoms with E-state index in [4.69, 9.17) is 0 Å². The number of benzene rings is 1. The smallest absolute Gasteiger partial charge is 0.0622 e. The Balaban J connectivity index is 3.47. The summed E-state index contributed by atoms with van der Waals surface area (Å²) in [6.45, 7) is 15.4. The molecule has 0 unspecified atom stereocenters. The van der Waals surface area contributed by atoms with E-state index in [0.29, 0.717) is 11.8 Å². The Kier molecular flexibility index (Phi) is 7.41. The molecule has 0 aliphatic rings. The van der Waals surface area contributed by atoms with Gasteiger partial charge >= 0.3 is 0 Å². The van der Waals surface area contributed by atoms with Crippen molar-refractivity contribution in [3.05, 3.63) is 53.4 Å². The van der Waals surface area contributed by atoms with E-state index in [1.165, 1.54) is 16.7 Å². The fraction of sp³-hybridized carbons (Fsp3) is 0.524. The third-order valence-electron chi connectivity index (χ3n) is 3.89. The Morgan fingerprint density at radius 1 is 1.13 bits per heavy atom. The SMILES string of the molecule is C=C(CCC)N/C(=C\N(C)C)c1c(C(C)C)cccc1C(C)C. The summed E-state index contributed by atoms with van der Waals surface area (Å²) >= 11 is 0. The fourth-order valence-electron chi connectivity index (χ4n) is 2.83. The molecule has 0 saturated heterocycles. The summed E-state index contributed by atoms with van der Waals surface area (Å²) in [5, 5.41) is 3.58. The maximum absolute atomic E-state index is 4.20. The molecule has 1 aromatic carbocycles. The van der Waals surface area contributed by atoms with Crippen LogP contribution in [0.3, 0.4) is 0 Å². The van der Waals surface area contributed by atoms with Crippen LogP contribution in [0.4, 0.5) is 0 Å². The summed E-state index contributed by atoms with van der Waals surface area (Å²) in [6, 6.07) is 6.68. The second kappa shape index (κ2) is 8.81. The molecule has 0 aliphatic heterocycles. The van der Waals surface area contributed by atoms with Gasteiger partial charge in [-0.25, -0.2) is 0 Å². The van der Waals surface area contributed by atoms with E-state index in [1.54, 1.807) is 0 Å². The van der Waals surface area contributed by atoms with Crippen molar-refractivity contribution in [3.8, 4) is 0 Å². The number of rotatable bonds is 8. The normalized spacial score (nSPS) is 12.0. The molecule has 128 valence electrons. The van der Waals surface area contributed by atoms with Crippen LogP contribution in [0, 0.1) is 0 Å². The highest BCUT2D eigenvalue weighted by Crippen LogP contribution is 2.32. The minimum absolute atomic E-state index is 0.482. The largest absolute Gasteiger partial charge is 0.382 e. The minimum Gasteiger partial charge on any atom is -0.382 e. The molecule has 0 bridgehead atoms. The Morgan fingerprint density at radius 2 is 1.65 bits per heavy atom. The molecule has 2 nitrogen and oxygen atoms in total. The summed E-state index contributed by atoms with van der Waals surface area (Å²) < 4.78 is 0. The molecule has 0 amide bonds. The lowest BCUT2D eigenvalue weighted by atomic mass is 9.87. The molecule has 1 aromatic rings. The van der Waals surface area contributed by atoms with Gasteiger partial charge in [0, 0.05) is 31.6 Å². The number of allylic oxidation sites excluding steroid dienone is 1. The van der Waals surface area contributed by atoms with E-state index < -0.39 is 0 Å². The lowest BCUT2D eigenvalue weighted by Crippen LogP contribution is -2.18. The van der Waals surface area contributed by atoms with Crippen molar-refractivity contribution >= 4 is 5.70 Å². The molecule has 1 rings (SSSR count). The third-order valence-corrected chi connectivity index (χ3v) is 3.89. The predicted molar refractivity (Wildman–Crippen MR) is 103 cm³/mol. The molecule has 0 spiro atoms. The topological polar surface area (TPSA) is 15.3 Å². The predicted octanol–water partition coefficient (Wildman–Crippen LogP) is 5.70. The van der Waals surface area contributed by atoms with Crippen LogP contribution in [0.2, 0.25) is 0 Å². The second-order valence-corrected chi connectivity index (χ2v) is 7.11. The highest BCUT2D eigenvalue weighted by atomic mass is 15.1. The first-order chi connectivity index (χ1) is 10.8. The zero-order valence-corrected chi connectivity index (χ0v) is 16.0. The van der Waals surface area contributed by atoms with Crippen molar-refractivity contribution in [3.63, 3.8) is 0 Å². The van der Waals surface area contributed by atoms with Gasteiger partial charge in [0.2, 0.25) is 0 Å². The molecule has 0 saturated carbocycles. The first-order valence-electron chi connectivity index (χ1n) is 8.74. The Morgan fingerprint density at radius 3 is 2.04 bits per heavy atom. The summed E-state index contributed by atoms with van der Waals surface area (Å²) in [7, 11) is 4.13. The van der Waals surface area contributed by atoms with Gasteiger partial charge in [-0.3, -0.25) is 0 Å². The molecule has 0 aliphatic carbocycles. The maximum atomic E-state index is 4.20. The quantitative estimate of drug-likeness (QED) is 0.662. The second-order valence-electron chi connectivity index (χ2n) is 7.11. The standard InChI is InChI=1S/C21H34N2/c1-9-11-17(6)22-20(14-23(7)8)21-18(15(2)3)12-10-13-19(21)16(4)5/h10,12-16,22H,6,9,11H2,1-5,7-8H3/b20-14-. The van der Waals surface area contributed by atoms with Gasteiger partial charge in [-0.15, -0.1) is 0 Å². The number of nitrogens with one attached hydrogen (secondary N) is 1. The molecule has 2 heteroatoms. The van der Waals surface area contributed by atoms with E-state index in [-0.39, 0.29) is 0 Å². The first kappa shape index (κ1) is 19.3. The zero-order chi connectivity index (χ0) is 17.6. The van der Waals surface area contributed by atoms with Crippen LogP contribution in [0.5, 0.6) is 0 Å². The van der Waals surface area contributed by atoms with Gasteiger partial charge in [0.25, 0.3) is 0 Å². The van der Waals surface area contributed by atoms with Crippen LogP contribution in [0.15, 0.2) is 36.7 Å². The van der Waals surface area contributed by atoms with Crippen molar-refractivity contribution in [2.45, 2.75) is 59.3 Å². The molecule has 0 aromatic heterocycles. The third kappa shape index (κ3) is 5.46. The van der Waals surface area contributed by atoms with Gasteiger partial charge in [0.1, 0.15) is 0 Å². The van der Waals surface area contributed by atoms with E-state index in [0.717, 1.165) is 24.2 Å². The van der Waals surface area contributed by atoms with Crippen molar-refractivity contribution in [1.82, 2.24) is 10.2 Å². The molecular weight excluding hydrogens is 280 g/mol. The lowest BCUT2D eigenvalue weighted by Gasteiger charge is -2.24. The zero-order valence-electron chi connectivity index (χ0n) is 16.0. The molecule has 0 heterocycles. The molecule has 1 N–H and O–H groups in total. The van der Waals surface area contributed by atoms with Crippen molar-refractivity contribution in [1.29, 1.82) is 0 Å². The van der Waals surface area contributed by atoms with Gasteiger partial charge < -0.3 is 10.2 Å². The van der Waals surface area contributed by atoms with Gasteiger partial charge in [-0.05, 0) is 29.4 Å². The molecule has 23 heavy (non-hydrogen) atoms. The highest BCUT2D eigenvalue weighted by molar-refractivity contribution is 5.71. The lowest BCUT2D eigenvalue weighted by molar-refractivity contribution is 0.562. The van der Waals surface area contributed by atoms with Crippen LogP contribution < -0.4 is 5.32 Å². The summed E-state index contributed by atoms with van der Waals surface area (Å²) in [5.74, 6) is 0.964. The monoisotopic (exact) mass is 314 g/mol. The molecule has 0 fully saturated rings. The Hall–Kier alpha value is -1.70. The minimum atomic E-state index is 0.482. The Bertz CT molecular complexity index is 525. The average molecular weight is 315 g/mol. The van der Waals surface area contributed by atoms with E-state index in [9.17, 15) is 0 Å². The molecule has 0 atom stereocenters. The van der Waals surface area contributed by atoms with E-state index >= 15 is 0 Å². The van der Waals surface area contributed by atoms with Gasteiger partial charge in [-0.1, -0.05) is 65.8 Å². The van der Waals surface area contributed by atoms with Crippen LogP contribution in [-0.4, -0.2) is 19.0 Å². The van der Waals surface area contributed by atoms with E-state index in [2.05, 4.69) is 89.9 Å². The van der Waals surface area contributed by atoms with Crippen molar-refractivity contribution in [2.24, 2.45) is 0 Å². The Labute approximate surface area is 143 Å². The summed E-state index contributed by atoms with van der Waals surface area (Å²) in [4.78, 5) is 2.10. The maximum Gasteiger partial charge on any atom is 0.0622 e.